The molecule has 1 aliphatic heterocycles. The Morgan fingerprint density at radius 2 is 1.93 bits per heavy atom. The van der Waals surface area contributed by atoms with Gasteiger partial charge in [0.25, 0.3) is 11.6 Å². The third kappa shape index (κ3) is 4.01. The van der Waals surface area contributed by atoms with Crippen LogP contribution in [0.4, 0.5) is 16.2 Å². The molecule has 0 radical (unpaired) electrons. The molecule has 7 nitrogen and oxygen atoms in total. The number of rotatable bonds is 5. The van der Waals surface area contributed by atoms with Crippen molar-refractivity contribution in [3.05, 3.63) is 57.6 Å². The number of carbonyl (C=O) groups is 2. The Kier molecular flexibility index (Phi) is 5.97. The van der Waals surface area contributed by atoms with Crippen LogP contribution < -0.4 is 15.5 Å². The molecule has 3 amide bonds. The second-order valence-electron chi connectivity index (χ2n) is 7.46. The summed E-state index contributed by atoms with van der Waals surface area (Å²) in [6.45, 7) is 4.81. The van der Waals surface area contributed by atoms with Gasteiger partial charge in [-0.15, -0.1) is 0 Å². The molecule has 0 saturated carbocycles. The number of benzene rings is 2. The maximum atomic E-state index is 13.2. The van der Waals surface area contributed by atoms with Gasteiger partial charge in [-0.3, -0.25) is 9.69 Å². The Hall–Kier alpha value is -2.42. The summed E-state index contributed by atoms with van der Waals surface area (Å²) in [6.07, 6.45) is 0. The molecule has 1 heterocycles. The second kappa shape index (κ2) is 8.14. The molecular formula is C21H25BrN4O3. The summed E-state index contributed by atoms with van der Waals surface area (Å²) >= 11 is 3.39. The summed E-state index contributed by atoms with van der Waals surface area (Å²) in [5.74, 6) is -0.660. The van der Waals surface area contributed by atoms with Gasteiger partial charge in [0.05, 0.1) is 5.69 Å². The number of hydrogen-bond acceptors (Lipinski definition) is 4. The lowest BCUT2D eigenvalue weighted by Gasteiger charge is -2.43. The molecule has 8 heteroatoms. The minimum absolute atomic E-state index is 0.298. The van der Waals surface area contributed by atoms with Crippen LogP contribution in [0.25, 0.3) is 0 Å². The first-order valence-electron chi connectivity index (χ1n) is 9.28. The standard InChI is InChI=1S/C21H25BrN4O3/c1-13-5-7-16(11-14(13)2)26-20(28)24-18-8-6-15(22)12-17(18)21(26,29)19(27)23-9-10-25(3)4/h5-8,11-12,29H,9-10H2,1-4H3,(H,23,27)(H,24,28)/t21-/m1/s1. The lowest BCUT2D eigenvalue weighted by Crippen LogP contribution is -2.63. The van der Waals surface area contributed by atoms with E-state index in [1.807, 2.05) is 38.9 Å². The number of fused-ring (bicyclic) bond motifs is 1. The Morgan fingerprint density at radius 3 is 2.59 bits per heavy atom. The molecule has 3 N–H and O–H groups in total. The first kappa shape index (κ1) is 21.3. The third-order valence-corrected chi connectivity index (χ3v) is 5.53. The van der Waals surface area contributed by atoms with Crippen LogP contribution in [0, 0.1) is 13.8 Å². The molecule has 0 spiro atoms. The van der Waals surface area contributed by atoms with Crippen molar-refractivity contribution in [2.75, 3.05) is 37.4 Å². The highest BCUT2D eigenvalue weighted by Crippen LogP contribution is 2.41. The maximum absolute atomic E-state index is 13.2. The second-order valence-corrected chi connectivity index (χ2v) is 8.37. The van der Waals surface area contributed by atoms with E-state index in [4.69, 9.17) is 0 Å². The normalized spacial score (nSPS) is 18.4. The number of nitrogens with one attached hydrogen (secondary N) is 2. The molecule has 0 unspecified atom stereocenters. The van der Waals surface area contributed by atoms with E-state index in [2.05, 4.69) is 26.6 Å². The van der Waals surface area contributed by atoms with E-state index in [-0.39, 0.29) is 0 Å². The van der Waals surface area contributed by atoms with E-state index in [1.165, 1.54) is 0 Å². The number of amides is 3. The minimum atomic E-state index is -2.20. The number of nitrogens with zero attached hydrogens (tertiary/aromatic N) is 2. The predicted octanol–water partition coefficient (Wildman–Crippen LogP) is 2.94. The van der Waals surface area contributed by atoms with Crippen LogP contribution in [0.1, 0.15) is 16.7 Å². The lowest BCUT2D eigenvalue weighted by molar-refractivity contribution is -0.140. The highest BCUT2D eigenvalue weighted by molar-refractivity contribution is 9.10. The van der Waals surface area contributed by atoms with E-state index in [1.54, 1.807) is 30.3 Å². The number of likely N-dealkylation sites (N-methyl/N-ethyl adjacent to an activating group) is 1. The van der Waals surface area contributed by atoms with Gasteiger partial charge in [-0.2, -0.15) is 0 Å². The van der Waals surface area contributed by atoms with Gasteiger partial charge in [0.2, 0.25) is 0 Å². The number of urea groups is 1. The fourth-order valence-corrected chi connectivity index (χ4v) is 3.62. The molecule has 3 rings (SSSR count). The summed E-state index contributed by atoms with van der Waals surface area (Å²) in [7, 11) is 3.78. The van der Waals surface area contributed by atoms with Crippen LogP contribution in [-0.4, -0.2) is 49.1 Å². The molecule has 0 saturated heterocycles. The molecule has 1 aliphatic rings. The van der Waals surface area contributed by atoms with Crippen molar-refractivity contribution in [1.82, 2.24) is 10.2 Å². The number of anilines is 2. The van der Waals surface area contributed by atoms with Crippen molar-refractivity contribution in [3.8, 4) is 0 Å². The SMILES string of the molecule is Cc1ccc(N2C(=O)Nc3ccc(Br)cc3[C@@]2(O)C(=O)NCCN(C)C)cc1C. The van der Waals surface area contributed by atoms with Gasteiger partial charge in [0.1, 0.15) is 0 Å². The molecular weight excluding hydrogens is 436 g/mol. The third-order valence-electron chi connectivity index (χ3n) is 5.04. The van der Waals surface area contributed by atoms with Crippen LogP contribution in [0.15, 0.2) is 40.9 Å². The van der Waals surface area contributed by atoms with E-state index in [0.29, 0.717) is 34.5 Å². The topological polar surface area (TPSA) is 84.9 Å². The van der Waals surface area contributed by atoms with Gasteiger partial charge in [-0.1, -0.05) is 22.0 Å². The predicted molar refractivity (Wildman–Crippen MR) is 117 cm³/mol. The Morgan fingerprint density at radius 1 is 1.21 bits per heavy atom. The van der Waals surface area contributed by atoms with Crippen LogP contribution in [0.2, 0.25) is 0 Å². The average Bonchev–Trinajstić information content (AvgIpc) is 2.65. The monoisotopic (exact) mass is 460 g/mol. The fraction of sp³-hybridized carbons (Fsp3) is 0.333. The van der Waals surface area contributed by atoms with Crippen molar-refractivity contribution in [1.29, 1.82) is 0 Å². The quantitative estimate of drug-likeness (QED) is 0.640. The molecule has 1 atom stereocenters. The maximum Gasteiger partial charge on any atom is 0.329 e. The van der Waals surface area contributed by atoms with Crippen LogP contribution in [0.3, 0.4) is 0 Å². The summed E-state index contributed by atoms with van der Waals surface area (Å²) in [4.78, 5) is 29.3. The molecule has 154 valence electrons. The highest BCUT2D eigenvalue weighted by Gasteiger charge is 2.52. The highest BCUT2D eigenvalue weighted by atomic mass is 79.9. The summed E-state index contributed by atoms with van der Waals surface area (Å²) in [5.41, 5.74) is 0.922. The van der Waals surface area contributed by atoms with E-state index >= 15 is 0 Å². The van der Waals surface area contributed by atoms with Gasteiger partial charge >= 0.3 is 6.03 Å². The zero-order valence-electron chi connectivity index (χ0n) is 16.9. The van der Waals surface area contributed by atoms with Gasteiger partial charge < -0.3 is 20.6 Å². The van der Waals surface area contributed by atoms with Crippen molar-refractivity contribution in [2.45, 2.75) is 19.6 Å². The molecule has 29 heavy (non-hydrogen) atoms. The Labute approximate surface area is 178 Å². The van der Waals surface area contributed by atoms with E-state index in [0.717, 1.165) is 16.0 Å². The van der Waals surface area contributed by atoms with Crippen molar-refractivity contribution in [2.24, 2.45) is 0 Å². The van der Waals surface area contributed by atoms with Crippen LogP contribution >= 0.6 is 15.9 Å². The van der Waals surface area contributed by atoms with Gasteiger partial charge in [0, 0.05) is 28.8 Å². The molecule has 2 aromatic carbocycles. The minimum Gasteiger partial charge on any atom is -0.359 e. The van der Waals surface area contributed by atoms with Crippen molar-refractivity contribution >= 4 is 39.2 Å². The number of hydrogen-bond donors (Lipinski definition) is 3. The summed E-state index contributed by atoms with van der Waals surface area (Å²) < 4.78 is 0.687. The molecule has 0 fully saturated rings. The van der Waals surface area contributed by atoms with Crippen LogP contribution in [-0.2, 0) is 10.5 Å². The first-order chi connectivity index (χ1) is 13.6. The molecule has 2 aromatic rings. The van der Waals surface area contributed by atoms with E-state index in [9.17, 15) is 14.7 Å². The first-order valence-corrected chi connectivity index (χ1v) is 10.1. The zero-order chi connectivity index (χ0) is 21.3. The summed E-state index contributed by atoms with van der Waals surface area (Å²) in [6, 6.07) is 9.85. The van der Waals surface area contributed by atoms with Gasteiger partial charge in [-0.05, 0) is 69.4 Å². The van der Waals surface area contributed by atoms with Crippen molar-refractivity contribution in [3.63, 3.8) is 0 Å². The number of aliphatic hydroxyl groups is 1. The summed E-state index contributed by atoms with van der Waals surface area (Å²) in [5, 5.41) is 17.3. The van der Waals surface area contributed by atoms with Crippen molar-refractivity contribution < 1.29 is 14.7 Å². The number of halogens is 1. The van der Waals surface area contributed by atoms with E-state index < -0.39 is 17.7 Å². The van der Waals surface area contributed by atoms with Gasteiger partial charge in [-0.25, -0.2) is 4.79 Å². The Balaban J connectivity index is 2.13. The van der Waals surface area contributed by atoms with Gasteiger partial charge in [0.15, 0.2) is 0 Å². The average molecular weight is 461 g/mol. The molecule has 0 aromatic heterocycles. The number of aryl methyl sites for hydroxylation is 2. The lowest BCUT2D eigenvalue weighted by atomic mass is 9.94. The largest absolute Gasteiger partial charge is 0.359 e. The molecule has 0 aliphatic carbocycles. The zero-order valence-corrected chi connectivity index (χ0v) is 18.5. The molecule has 0 bridgehead atoms. The smallest absolute Gasteiger partial charge is 0.329 e. The Bertz CT molecular complexity index is 963. The number of carbonyl (C=O) groups excluding carboxylic acids is 2. The fourth-order valence-electron chi connectivity index (χ4n) is 3.26. The van der Waals surface area contributed by atoms with Crippen LogP contribution in [0.5, 0.6) is 0 Å².